The Morgan fingerprint density at radius 3 is 2.59 bits per heavy atom. The summed E-state index contributed by atoms with van der Waals surface area (Å²) in [4.78, 5) is 15.9. The lowest BCUT2D eigenvalue weighted by atomic mass is 10.1. The number of aromatic nitrogens is 1. The van der Waals surface area contributed by atoms with Crippen molar-refractivity contribution in [1.29, 1.82) is 0 Å². The minimum Gasteiger partial charge on any atom is -0.325 e. The Balaban J connectivity index is 1.99. The van der Waals surface area contributed by atoms with Crippen LogP contribution in [0.3, 0.4) is 0 Å². The van der Waals surface area contributed by atoms with Crippen molar-refractivity contribution in [2.45, 2.75) is 11.2 Å². The van der Waals surface area contributed by atoms with Crippen LogP contribution in [-0.2, 0) is 11.0 Å². The van der Waals surface area contributed by atoms with E-state index in [1.54, 1.807) is 18.3 Å². The van der Waals surface area contributed by atoms with Gasteiger partial charge in [-0.2, -0.15) is 13.2 Å². The molecule has 0 spiro atoms. The molecule has 0 atom stereocenters. The molecule has 1 aromatic heterocycles. The van der Waals surface area contributed by atoms with Crippen LogP contribution >= 0.6 is 27.7 Å². The van der Waals surface area contributed by atoms with Crippen molar-refractivity contribution in [3.8, 4) is 0 Å². The fourth-order valence-electron chi connectivity index (χ4n) is 1.61. The molecule has 1 amide bonds. The van der Waals surface area contributed by atoms with Gasteiger partial charge < -0.3 is 5.32 Å². The number of hydrogen-bond donors (Lipinski definition) is 1. The van der Waals surface area contributed by atoms with Gasteiger partial charge in [-0.15, -0.1) is 0 Å². The molecule has 0 aliphatic carbocycles. The summed E-state index contributed by atoms with van der Waals surface area (Å²) in [7, 11) is 0. The van der Waals surface area contributed by atoms with Gasteiger partial charge in [0, 0.05) is 10.7 Å². The molecule has 1 N–H and O–H groups in total. The minimum absolute atomic E-state index is 0.0270. The largest absolute Gasteiger partial charge is 0.418 e. The maximum absolute atomic E-state index is 12.8. The zero-order valence-electron chi connectivity index (χ0n) is 11.0. The van der Waals surface area contributed by atoms with E-state index in [-0.39, 0.29) is 11.4 Å². The van der Waals surface area contributed by atoms with Crippen LogP contribution in [0.4, 0.5) is 18.9 Å². The third-order valence-electron chi connectivity index (χ3n) is 2.56. The number of thioether (sulfide) groups is 1. The summed E-state index contributed by atoms with van der Waals surface area (Å²) in [5, 5.41) is 2.90. The number of halogens is 4. The first kappa shape index (κ1) is 16.8. The summed E-state index contributed by atoms with van der Waals surface area (Å²) in [6, 6.07) is 8.35. The molecule has 0 unspecified atom stereocenters. The molecule has 116 valence electrons. The highest BCUT2D eigenvalue weighted by Crippen LogP contribution is 2.34. The molecular weight excluding hydrogens is 381 g/mol. The van der Waals surface area contributed by atoms with Gasteiger partial charge in [0.25, 0.3) is 0 Å². The first-order chi connectivity index (χ1) is 10.4. The predicted octanol–water partition coefficient (Wildman–Crippen LogP) is 4.59. The van der Waals surface area contributed by atoms with Gasteiger partial charge in [0.05, 0.1) is 22.0 Å². The van der Waals surface area contributed by atoms with Gasteiger partial charge in [-0.1, -0.05) is 23.9 Å². The van der Waals surface area contributed by atoms with Crippen LogP contribution in [0, 0.1) is 0 Å². The smallest absolute Gasteiger partial charge is 0.325 e. The van der Waals surface area contributed by atoms with Crippen LogP contribution in [0.1, 0.15) is 5.56 Å². The van der Waals surface area contributed by atoms with Crippen molar-refractivity contribution in [3.63, 3.8) is 0 Å². The van der Waals surface area contributed by atoms with E-state index in [0.717, 1.165) is 22.3 Å². The van der Waals surface area contributed by atoms with Crippen LogP contribution in [0.15, 0.2) is 52.1 Å². The number of amides is 1. The van der Waals surface area contributed by atoms with Gasteiger partial charge in [0.15, 0.2) is 0 Å². The van der Waals surface area contributed by atoms with Crippen molar-refractivity contribution in [2.24, 2.45) is 0 Å². The fourth-order valence-corrected chi connectivity index (χ4v) is 2.49. The Morgan fingerprint density at radius 2 is 1.95 bits per heavy atom. The van der Waals surface area contributed by atoms with E-state index in [2.05, 4.69) is 26.2 Å². The molecule has 3 nitrogen and oxygen atoms in total. The Hall–Kier alpha value is -1.54. The number of hydrogen-bond acceptors (Lipinski definition) is 3. The van der Waals surface area contributed by atoms with E-state index in [0.29, 0.717) is 5.03 Å². The lowest BCUT2D eigenvalue weighted by molar-refractivity contribution is -0.137. The normalized spacial score (nSPS) is 11.3. The van der Waals surface area contributed by atoms with Crippen LogP contribution < -0.4 is 5.32 Å². The Morgan fingerprint density at radius 1 is 1.23 bits per heavy atom. The molecule has 1 aromatic carbocycles. The van der Waals surface area contributed by atoms with Crippen molar-refractivity contribution < 1.29 is 18.0 Å². The number of nitrogens with zero attached hydrogens (tertiary/aromatic N) is 1. The molecule has 22 heavy (non-hydrogen) atoms. The van der Waals surface area contributed by atoms with E-state index < -0.39 is 17.6 Å². The number of para-hydroxylation sites is 1. The Kier molecular flexibility index (Phi) is 5.47. The van der Waals surface area contributed by atoms with Gasteiger partial charge in [-0.25, -0.2) is 4.98 Å². The maximum Gasteiger partial charge on any atom is 0.418 e. The molecule has 0 aliphatic rings. The average molecular weight is 391 g/mol. The Bertz CT molecular complexity index is 662. The quantitative estimate of drug-likeness (QED) is 0.776. The number of benzene rings is 1. The molecule has 0 saturated heterocycles. The number of alkyl halides is 3. The molecule has 0 saturated carbocycles. The van der Waals surface area contributed by atoms with Crippen LogP contribution in [-0.4, -0.2) is 16.6 Å². The number of nitrogens with one attached hydrogen (secondary N) is 1. The predicted molar refractivity (Wildman–Crippen MR) is 82.7 cm³/mol. The zero-order chi connectivity index (χ0) is 16.2. The topological polar surface area (TPSA) is 42.0 Å². The summed E-state index contributed by atoms with van der Waals surface area (Å²) in [5.74, 6) is -0.549. The van der Waals surface area contributed by atoms with Crippen molar-refractivity contribution in [1.82, 2.24) is 4.98 Å². The van der Waals surface area contributed by atoms with E-state index >= 15 is 0 Å². The SMILES string of the molecule is O=C(CSc1ccc(Br)cn1)Nc1ccccc1C(F)(F)F. The van der Waals surface area contributed by atoms with Gasteiger partial charge >= 0.3 is 6.18 Å². The first-order valence-corrected chi connectivity index (χ1v) is 7.84. The molecule has 0 aliphatic heterocycles. The van der Waals surface area contributed by atoms with E-state index in [1.165, 1.54) is 18.2 Å². The number of pyridine rings is 1. The molecule has 0 bridgehead atoms. The molecule has 8 heteroatoms. The van der Waals surface area contributed by atoms with E-state index in [4.69, 9.17) is 0 Å². The highest BCUT2D eigenvalue weighted by atomic mass is 79.9. The molecule has 2 aromatic rings. The van der Waals surface area contributed by atoms with Crippen molar-refractivity contribution in [3.05, 3.63) is 52.6 Å². The summed E-state index contributed by atoms with van der Waals surface area (Å²) >= 11 is 4.38. The summed E-state index contributed by atoms with van der Waals surface area (Å²) in [5.41, 5.74) is -1.11. The van der Waals surface area contributed by atoms with Crippen LogP contribution in [0.5, 0.6) is 0 Å². The summed E-state index contributed by atoms with van der Waals surface area (Å²) < 4.78 is 39.3. The van der Waals surface area contributed by atoms with Gasteiger partial charge in [-0.3, -0.25) is 4.79 Å². The third kappa shape index (κ3) is 4.74. The van der Waals surface area contributed by atoms with Crippen LogP contribution in [0.25, 0.3) is 0 Å². The first-order valence-electron chi connectivity index (χ1n) is 6.06. The summed E-state index contributed by atoms with van der Waals surface area (Å²) in [6.45, 7) is 0. The van der Waals surface area contributed by atoms with Gasteiger partial charge in [-0.05, 0) is 40.2 Å². The van der Waals surface area contributed by atoms with Crippen LogP contribution in [0.2, 0.25) is 0 Å². The van der Waals surface area contributed by atoms with Gasteiger partial charge in [0.1, 0.15) is 0 Å². The fraction of sp³-hybridized carbons (Fsp3) is 0.143. The number of rotatable bonds is 4. The maximum atomic E-state index is 12.8. The second-order valence-electron chi connectivity index (χ2n) is 4.19. The second-order valence-corrected chi connectivity index (χ2v) is 6.11. The molecular formula is C14H10BrF3N2OS. The highest BCUT2D eigenvalue weighted by Gasteiger charge is 2.33. The second kappa shape index (κ2) is 7.15. The van der Waals surface area contributed by atoms with Gasteiger partial charge in [0.2, 0.25) is 5.91 Å². The highest BCUT2D eigenvalue weighted by molar-refractivity contribution is 9.10. The van der Waals surface area contributed by atoms with Crippen molar-refractivity contribution in [2.75, 3.05) is 11.1 Å². The van der Waals surface area contributed by atoms with E-state index in [9.17, 15) is 18.0 Å². The molecule has 0 radical (unpaired) electrons. The summed E-state index contributed by atoms with van der Waals surface area (Å²) in [6.07, 6.45) is -2.93. The minimum atomic E-state index is -4.51. The lowest BCUT2D eigenvalue weighted by Crippen LogP contribution is -2.18. The van der Waals surface area contributed by atoms with Crippen molar-refractivity contribution >= 4 is 39.3 Å². The molecule has 2 rings (SSSR count). The zero-order valence-corrected chi connectivity index (χ0v) is 13.4. The average Bonchev–Trinajstić information content (AvgIpc) is 2.46. The Labute approximate surface area is 137 Å². The number of carbonyl (C=O) groups is 1. The monoisotopic (exact) mass is 390 g/mol. The number of anilines is 1. The molecule has 0 fully saturated rings. The number of carbonyl (C=O) groups excluding carboxylic acids is 1. The lowest BCUT2D eigenvalue weighted by Gasteiger charge is -2.13. The third-order valence-corrected chi connectivity index (χ3v) is 3.97. The molecule has 1 heterocycles. The van der Waals surface area contributed by atoms with E-state index in [1.807, 2.05) is 0 Å². The standard InChI is InChI=1S/C14H10BrF3N2OS/c15-9-5-6-13(19-7-9)22-8-12(21)20-11-4-2-1-3-10(11)14(16,17)18/h1-7H,8H2,(H,20,21).